The third-order valence-electron chi connectivity index (χ3n) is 5.18. The molecule has 4 heteroatoms. The van der Waals surface area contributed by atoms with Crippen LogP contribution in [0.2, 0.25) is 5.02 Å². The first-order chi connectivity index (χ1) is 13.2. The number of hydrogen-bond acceptors (Lipinski definition) is 2. The van der Waals surface area contributed by atoms with Crippen LogP contribution in [0.4, 0.5) is 0 Å². The fourth-order valence-corrected chi connectivity index (χ4v) is 3.70. The molecule has 3 aromatic rings. The van der Waals surface area contributed by atoms with Crippen LogP contribution in [0.1, 0.15) is 31.4 Å². The predicted molar refractivity (Wildman–Crippen MR) is 117 cm³/mol. The summed E-state index contributed by atoms with van der Waals surface area (Å²) in [4.78, 5) is 2.47. The summed E-state index contributed by atoms with van der Waals surface area (Å²) in [5.41, 5.74) is 3.91. The van der Waals surface area contributed by atoms with Crippen molar-refractivity contribution < 1.29 is 0 Å². The van der Waals surface area contributed by atoms with Gasteiger partial charge in [0.1, 0.15) is 0 Å². The lowest BCUT2D eigenvalue weighted by molar-refractivity contribution is 0.298. The SMILES string of the molecule is CCN(CC)CCCNCc1cn(Cc2ccc(Cl)cc2)c2ccccc12. The highest BCUT2D eigenvalue weighted by Crippen LogP contribution is 2.23. The summed E-state index contributed by atoms with van der Waals surface area (Å²) in [7, 11) is 0. The fourth-order valence-electron chi connectivity index (χ4n) is 3.57. The van der Waals surface area contributed by atoms with E-state index in [0.717, 1.165) is 37.7 Å². The molecular weight excluding hydrogens is 354 g/mol. The summed E-state index contributed by atoms with van der Waals surface area (Å²) in [5.74, 6) is 0. The van der Waals surface area contributed by atoms with Crippen molar-refractivity contribution in [1.29, 1.82) is 0 Å². The lowest BCUT2D eigenvalue weighted by Crippen LogP contribution is -2.27. The van der Waals surface area contributed by atoms with Crippen LogP contribution in [0, 0.1) is 0 Å². The maximum absolute atomic E-state index is 6.02. The molecule has 0 aliphatic rings. The van der Waals surface area contributed by atoms with Crippen LogP contribution < -0.4 is 5.32 Å². The topological polar surface area (TPSA) is 20.2 Å². The van der Waals surface area contributed by atoms with E-state index in [9.17, 15) is 0 Å². The van der Waals surface area contributed by atoms with E-state index in [2.05, 4.69) is 71.2 Å². The van der Waals surface area contributed by atoms with Crippen LogP contribution in [0.5, 0.6) is 0 Å². The number of benzene rings is 2. The molecule has 0 saturated carbocycles. The molecule has 0 saturated heterocycles. The van der Waals surface area contributed by atoms with Gasteiger partial charge in [0, 0.05) is 35.2 Å². The minimum absolute atomic E-state index is 0.783. The summed E-state index contributed by atoms with van der Waals surface area (Å²) in [6.07, 6.45) is 3.47. The first kappa shape index (κ1) is 19.9. The molecule has 0 fully saturated rings. The Hall–Kier alpha value is -1.81. The Kier molecular flexibility index (Phi) is 7.33. The van der Waals surface area contributed by atoms with E-state index in [0.29, 0.717) is 0 Å². The van der Waals surface area contributed by atoms with Gasteiger partial charge in [-0.3, -0.25) is 0 Å². The van der Waals surface area contributed by atoms with E-state index in [1.54, 1.807) is 0 Å². The van der Waals surface area contributed by atoms with Gasteiger partial charge in [-0.05, 0) is 61.9 Å². The molecule has 2 aromatic carbocycles. The van der Waals surface area contributed by atoms with Crippen molar-refractivity contribution in [3.05, 3.63) is 70.9 Å². The van der Waals surface area contributed by atoms with Gasteiger partial charge in [0.25, 0.3) is 0 Å². The zero-order chi connectivity index (χ0) is 19.1. The molecule has 0 aliphatic heterocycles. The highest BCUT2D eigenvalue weighted by Gasteiger charge is 2.08. The van der Waals surface area contributed by atoms with Crippen LogP contribution in [0.15, 0.2) is 54.7 Å². The number of hydrogen-bond donors (Lipinski definition) is 1. The van der Waals surface area contributed by atoms with Crippen molar-refractivity contribution in [2.75, 3.05) is 26.2 Å². The van der Waals surface area contributed by atoms with Crippen LogP contribution >= 0.6 is 11.6 Å². The average Bonchev–Trinajstić information content (AvgIpc) is 3.04. The normalized spacial score (nSPS) is 11.6. The van der Waals surface area contributed by atoms with Crippen molar-refractivity contribution in [2.24, 2.45) is 0 Å². The Bertz CT molecular complexity index is 834. The van der Waals surface area contributed by atoms with Gasteiger partial charge >= 0.3 is 0 Å². The summed E-state index contributed by atoms with van der Waals surface area (Å²) in [6.45, 7) is 10.7. The van der Waals surface area contributed by atoms with Crippen molar-refractivity contribution in [1.82, 2.24) is 14.8 Å². The van der Waals surface area contributed by atoms with Gasteiger partial charge in [-0.2, -0.15) is 0 Å². The van der Waals surface area contributed by atoms with E-state index in [4.69, 9.17) is 11.6 Å². The third kappa shape index (κ3) is 5.35. The fraction of sp³-hybridized carbons (Fsp3) is 0.391. The third-order valence-corrected chi connectivity index (χ3v) is 5.43. The van der Waals surface area contributed by atoms with Crippen molar-refractivity contribution in [2.45, 2.75) is 33.4 Å². The van der Waals surface area contributed by atoms with E-state index in [-0.39, 0.29) is 0 Å². The molecule has 3 rings (SSSR count). The van der Waals surface area contributed by atoms with Gasteiger partial charge in [0.05, 0.1) is 0 Å². The number of rotatable bonds is 10. The molecule has 0 atom stereocenters. The summed E-state index contributed by atoms with van der Waals surface area (Å²) in [6, 6.07) is 16.8. The van der Waals surface area contributed by atoms with Crippen molar-refractivity contribution in [3.63, 3.8) is 0 Å². The number of fused-ring (bicyclic) bond motifs is 1. The number of nitrogens with one attached hydrogen (secondary N) is 1. The van der Waals surface area contributed by atoms with Gasteiger partial charge in [0.2, 0.25) is 0 Å². The van der Waals surface area contributed by atoms with Crippen LogP contribution in [-0.4, -0.2) is 35.6 Å². The maximum atomic E-state index is 6.02. The molecule has 1 N–H and O–H groups in total. The Morgan fingerprint density at radius 3 is 2.48 bits per heavy atom. The number of aromatic nitrogens is 1. The number of halogens is 1. The molecule has 1 heterocycles. The van der Waals surface area contributed by atoms with E-state index in [1.165, 1.54) is 35.0 Å². The lowest BCUT2D eigenvalue weighted by Gasteiger charge is -2.17. The highest BCUT2D eigenvalue weighted by atomic mass is 35.5. The molecule has 0 bridgehead atoms. The molecule has 0 spiro atoms. The molecule has 1 aromatic heterocycles. The average molecular weight is 384 g/mol. The summed E-state index contributed by atoms with van der Waals surface area (Å²) in [5, 5.41) is 5.74. The van der Waals surface area contributed by atoms with Crippen LogP contribution in [0.25, 0.3) is 10.9 Å². The zero-order valence-corrected chi connectivity index (χ0v) is 17.2. The Morgan fingerprint density at radius 1 is 1.00 bits per heavy atom. The first-order valence-corrected chi connectivity index (χ1v) is 10.3. The maximum Gasteiger partial charge on any atom is 0.0486 e. The molecular formula is C23H30ClN3. The summed E-state index contributed by atoms with van der Waals surface area (Å²) >= 11 is 6.02. The highest BCUT2D eigenvalue weighted by molar-refractivity contribution is 6.30. The monoisotopic (exact) mass is 383 g/mol. The van der Waals surface area contributed by atoms with Crippen molar-refractivity contribution >= 4 is 22.5 Å². The molecule has 27 heavy (non-hydrogen) atoms. The minimum atomic E-state index is 0.783. The molecule has 0 radical (unpaired) electrons. The molecule has 0 unspecified atom stereocenters. The van der Waals surface area contributed by atoms with Crippen molar-refractivity contribution in [3.8, 4) is 0 Å². The second-order valence-corrected chi connectivity index (χ2v) is 7.42. The van der Waals surface area contributed by atoms with E-state index in [1.807, 2.05) is 12.1 Å². The molecule has 144 valence electrons. The summed E-state index contributed by atoms with van der Waals surface area (Å²) < 4.78 is 2.34. The largest absolute Gasteiger partial charge is 0.343 e. The molecule has 0 amide bonds. The predicted octanol–water partition coefficient (Wildman–Crippen LogP) is 5.16. The van der Waals surface area contributed by atoms with Gasteiger partial charge in [-0.1, -0.05) is 55.8 Å². The molecule has 3 nitrogen and oxygen atoms in total. The second-order valence-electron chi connectivity index (χ2n) is 6.98. The first-order valence-electron chi connectivity index (χ1n) is 9.95. The lowest BCUT2D eigenvalue weighted by atomic mass is 10.2. The van der Waals surface area contributed by atoms with E-state index < -0.39 is 0 Å². The van der Waals surface area contributed by atoms with Gasteiger partial charge < -0.3 is 14.8 Å². The smallest absolute Gasteiger partial charge is 0.0486 e. The minimum Gasteiger partial charge on any atom is -0.343 e. The Balaban J connectivity index is 1.64. The quantitative estimate of drug-likeness (QED) is 0.487. The van der Waals surface area contributed by atoms with Gasteiger partial charge in [0.15, 0.2) is 0 Å². The Morgan fingerprint density at radius 2 is 1.74 bits per heavy atom. The standard InChI is InChI=1S/C23H30ClN3/c1-3-26(4-2)15-7-14-25-16-20-18-27(23-9-6-5-8-22(20)23)17-19-10-12-21(24)13-11-19/h5-6,8-13,18,25H,3-4,7,14-17H2,1-2H3. The second kappa shape index (κ2) is 9.93. The van der Waals surface area contributed by atoms with Crippen LogP contribution in [-0.2, 0) is 13.1 Å². The Labute approximate surface area is 167 Å². The molecule has 0 aliphatic carbocycles. The van der Waals surface area contributed by atoms with E-state index >= 15 is 0 Å². The van der Waals surface area contributed by atoms with Crippen LogP contribution in [0.3, 0.4) is 0 Å². The van der Waals surface area contributed by atoms with Gasteiger partial charge in [-0.25, -0.2) is 0 Å². The number of para-hydroxylation sites is 1. The van der Waals surface area contributed by atoms with Gasteiger partial charge in [-0.15, -0.1) is 0 Å². The zero-order valence-electron chi connectivity index (χ0n) is 16.4. The number of nitrogens with zero attached hydrogens (tertiary/aromatic N) is 2.